The van der Waals surface area contributed by atoms with Crippen LogP contribution in [0.2, 0.25) is 5.15 Å². The number of rotatable bonds is 2. The first-order valence-corrected chi connectivity index (χ1v) is 6.97. The van der Waals surface area contributed by atoms with Crippen molar-refractivity contribution >= 4 is 27.5 Å². The third-order valence-corrected chi connectivity index (χ3v) is 4.28. The molecule has 1 aromatic heterocycles. The average Bonchev–Trinajstić information content (AvgIpc) is 2.82. The Bertz CT molecular complexity index is 662. The van der Waals surface area contributed by atoms with Crippen molar-refractivity contribution in [2.24, 2.45) is 0 Å². The third-order valence-electron chi connectivity index (χ3n) is 3.05. The average molecular weight is 342 g/mol. The molecule has 98 valence electrons. The lowest BCUT2D eigenvalue weighted by Crippen LogP contribution is -2.29. The highest BCUT2D eigenvalue weighted by atomic mass is 79.9. The SMILES string of the molecule is O=c1c(Br)c(Cl)ncn1CC1Cc2ccccc2O1. The molecule has 0 saturated heterocycles. The van der Waals surface area contributed by atoms with Crippen LogP contribution in [0.4, 0.5) is 0 Å². The van der Waals surface area contributed by atoms with Gasteiger partial charge in [-0.3, -0.25) is 9.36 Å². The molecule has 2 aromatic rings. The lowest BCUT2D eigenvalue weighted by atomic mass is 10.1. The second-order valence-electron chi connectivity index (χ2n) is 4.36. The molecule has 0 aliphatic carbocycles. The third kappa shape index (κ3) is 2.40. The van der Waals surface area contributed by atoms with E-state index in [1.54, 1.807) is 0 Å². The predicted octanol–water partition coefficient (Wildman–Crippen LogP) is 2.66. The maximum Gasteiger partial charge on any atom is 0.269 e. The summed E-state index contributed by atoms with van der Waals surface area (Å²) in [4.78, 5) is 15.9. The van der Waals surface area contributed by atoms with Gasteiger partial charge in [-0.15, -0.1) is 0 Å². The van der Waals surface area contributed by atoms with E-state index in [9.17, 15) is 4.79 Å². The highest BCUT2D eigenvalue weighted by Gasteiger charge is 2.23. The van der Waals surface area contributed by atoms with Gasteiger partial charge in [0.1, 0.15) is 16.3 Å². The molecule has 0 amide bonds. The number of halogens is 2. The Labute approximate surface area is 123 Å². The van der Waals surface area contributed by atoms with Gasteiger partial charge < -0.3 is 4.74 Å². The second-order valence-corrected chi connectivity index (χ2v) is 5.51. The van der Waals surface area contributed by atoms with Crippen LogP contribution < -0.4 is 10.3 Å². The predicted molar refractivity (Wildman–Crippen MR) is 75.8 cm³/mol. The van der Waals surface area contributed by atoms with Gasteiger partial charge in [-0.2, -0.15) is 0 Å². The molecule has 19 heavy (non-hydrogen) atoms. The van der Waals surface area contributed by atoms with Crippen molar-refractivity contribution in [1.82, 2.24) is 9.55 Å². The summed E-state index contributed by atoms with van der Waals surface area (Å²) in [5, 5.41) is 0.178. The summed E-state index contributed by atoms with van der Waals surface area (Å²) < 4.78 is 7.59. The monoisotopic (exact) mass is 340 g/mol. The normalized spacial score (nSPS) is 17.1. The van der Waals surface area contributed by atoms with Gasteiger partial charge in [0, 0.05) is 6.42 Å². The van der Waals surface area contributed by atoms with Crippen LogP contribution in [0.5, 0.6) is 5.75 Å². The minimum absolute atomic E-state index is 0.0509. The van der Waals surface area contributed by atoms with Crippen molar-refractivity contribution < 1.29 is 4.74 Å². The van der Waals surface area contributed by atoms with Crippen molar-refractivity contribution in [1.29, 1.82) is 0 Å². The Morgan fingerprint density at radius 3 is 3.05 bits per heavy atom. The molecule has 0 spiro atoms. The number of benzene rings is 1. The Morgan fingerprint density at radius 1 is 1.47 bits per heavy atom. The molecule has 0 N–H and O–H groups in total. The zero-order chi connectivity index (χ0) is 13.4. The molecule has 0 fully saturated rings. The Hall–Kier alpha value is -1.33. The molecular weight excluding hydrogens is 332 g/mol. The second kappa shape index (κ2) is 4.98. The Balaban J connectivity index is 1.82. The summed E-state index contributed by atoms with van der Waals surface area (Å²) >= 11 is 8.91. The molecule has 0 saturated carbocycles. The zero-order valence-corrected chi connectivity index (χ0v) is 12.2. The topological polar surface area (TPSA) is 44.1 Å². The van der Waals surface area contributed by atoms with Crippen molar-refractivity contribution in [2.45, 2.75) is 19.1 Å². The van der Waals surface area contributed by atoms with Crippen LogP contribution in [0.3, 0.4) is 0 Å². The van der Waals surface area contributed by atoms with Gasteiger partial charge in [-0.1, -0.05) is 29.8 Å². The summed E-state index contributed by atoms with van der Waals surface area (Å²) in [6.07, 6.45) is 2.19. The van der Waals surface area contributed by atoms with Crippen LogP contribution in [0.25, 0.3) is 0 Å². The minimum atomic E-state index is -0.195. The van der Waals surface area contributed by atoms with Gasteiger partial charge in [0.15, 0.2) is 5.15 Å². The molecule has 1 aromatic carbocycles. The van der Waals surface area contributed by atoms with E-state index < -0.39 is 0 Å². The first-order chi connectivity index (χ1) is 9.15. The lowest BCUT2D eigenvalue weighted by Gasteiger charge is -2.12. The van der Waals surface area contributed by atoms with E-state index in [1.807, 2.05) is 24.3 Å². The quantitative estimate of drug-likeness (QED) is 0.789. The van der Waals surface area contributed by atoms with Gasteiger partial charge in [0.05, 0.1) is 12.9 Å². The molecule has 1 atom stereocenters. The highest BCUT2D eigenvalue weighted by molar-refractivity contribution is 9.10. The molecule has 0 radical (unpaired) electrons. The standard InChI is InChI=1S/C13H10BrClN2O2/c14-11-12(15)16-7-17(13(11)18)6-9-5-8-3-1-2-4-10(8)19-9/h1-4,7,9H,5-6H2. The van der Waals surface area contributed by atoms with E-state index >= 15 is 0 Å². The van der Waals surface area contributed by atoms with Crippen molar-refractivity contribution in [3.8, 4) is 5.75 Å². The van der Waals surface area contributed by atoms with Gasteiger partial charge in [-0.25, -0.2) is 4.98 Å². The number of fused-ring (bicyclic) bond motifs is 1. The molecular formula is C13H10BrClN2O2. The van der Waals surface area contributed by atoms with E-state index in [1.165, 1.54) is 16.5 Å². The summed E-state index contributed by atoms with van der Waals surface area (Å²) in [5.74, 6) is 0.890. The van der Waals surface area contributed by atoms with Gasteiger partial charge in [-0.05, 0) is 27.6 Å². The fourth-order valence-electron chi connectivity index (χ4n) is 2.15. The molecule has 6 heteroatoms. The summed E-state index contributed by atoms with van der Waals surface area (Å²) in [6.45, 7) is 0.455. The Morgan fingerprint density at radius 2 is 2.26 bits per heavy atom. The molecule has 1 aliphatic heterocycles. The fourth-order valence-corrected chi connectivity index (χ4v) is 2.60. The van der Waals surface area contributed by atoms with Crippen LogP contribution in [0.1, 0.15) is 5.56 Å². The number of nitrogens with zero attached hydrogens (tertiary/aromatic N) is 2. The first-order valence-electron chi connectivity index (χ1n) is 5.80. The van der Waals surface area contributed by atoms with E-state index in [4.69, 9.17) is 16.3 Å². The van der Waals surface area contributed by atoms with Gasteiger partial charge in [0.25, 0.3) is 5.56 Å². The van der Waals surface area contributed by atoms with E-state index in [2.05, 4.69) is 20.9 Å². The number of hydrogen-bond donors (Lipinski definition) is 0. The van der Waals surface area contributed by atoms with Gasteiger partial charge in [0.2, 0.25) is 0 Å². The van der Waals surface area contributed by atoms with Crippen LogP contribution >= 0.6 is 27.5 Å². The number of hydrogen-bond acceptors (Lipinski definition) is 3. The van der Waals surface area contributed by atoms with Gasteiger partial charge >= 0.3 is 0 Å². The first kappa shape index (κ1) is 12.7. The Kier molecular flexibility index (Phi) is 3.33. The van der Waals surface area contributed by atoms with E-state index in [0.29, 0.717) is 6.54 Å². The van der Waals surface area contributed by atoms with Crippen LogP contribution in [0.15, 0.2) is 39.9 Å². The number of aromatic nitrogens is 2. The molecule has 3 rings (SSSR count). The van der Waals surface area contributed by atoms with Crippen LogP contribution in [-0.4, -0.2) is 15.7 Å². The molecule has 2 heterocycles. The van der Waals surface area contributed by atoms with Crippen LogP contribution in [-0.2, 0) is 13.0 Å². The number of para-hydroxylation sites is 1. The highest BCUT2D eigenvalue weighted by Crippen LogP contribution is 2.28. The summed E-state index contributed by atoms with van der Waals surface area (Å²) in [6, 6.07) is 7.90. The zero-order valence-electron chi connectivity index (χ0n) is 9.85. The smallest absolute Gasteiger partial charge is 0.269 e. The van der Waals surface area contributed by atoms with Crippen LogP contribution in [0, 0.1) is 0 Å². The molecule has 4 nitrogen and oxygen atoms in total. The maximum atomic E-state index is 12.0. The maximum absolute atomic E-state index is 12.0. The lowest BCUT2D eigenvalue weighted by molar-refractivity contribution is 0.207. The minimum Gasteiger partial charge on any atom is -0.488 e. The molecule has 1 aliphatic rings. The van der Waals surface area contributed by atoms with Crippen molar-refractivity contribution in [3.63, 3.8) is 0 Å². The van der Waals surface area contributed by atoms with E-state index in [0.717, 1.165) is 12.2 Å². The van der Waals surface area contributed by atoms with E-state index in [-0.39, 0.29) is 21.3 Å². The fraction of sp³-hybridized carbons (Fsp3) is 0.231. The van der Waals surface area contributed by atoms with Crippen molar-refractivity contribution in [2.75, 3.05) is 0 Å². The molecule has 0 bridgehead atoms. The number of ether oxygens (including phenoxy) is 1. The van der Waals surface area contributed by atoms with Crippen molar-refractivity contribution in [3.05, 3.63) is 56.1 Å². The molecule has 1 unspecified atom stereocenters. The summed E-state index contributed by atoms with van der Waals surface area (Å²) in [7, 11) is 0. The summed E-state index contributed by atoms with van der Waals surface area (Å²) in [5.41, 5.74) is 0.973. The largest absolute Gasteiger partial charge is 0.488 e.